The number of aromatic nitrogens is 1. The van der Waals surface area contributed by atoms with Gasteiger partial charge in [0, 0.05) is 12.7 Å². The fourth-order valence-corrected chi connectivity index (χ4v) is 2.83. The number of pyridine rings is 1. The Labute approximate surface area is 110 Å². The maximum Gasteiger partial charge on any atom is 0.263 e. The summed E-state index contributed by atoms with van der Waals surface area (Å²) in [6.45, 7) is -0.0195. The normalized spacial score (nSPS) is 11.3. The first-order valence-corrected chi connectivity index (χ1v) is 6.94. The van der Waals surface area contributed by atoms with Crippen LogP contribution in [0.15, 0.2) is 47.5 Å². The first-order chi connectivity index (χ1) is 9.04. The molecule has 0 amide bonds. The number of nitrogens with two attached hydrogens (primary N) is 1. The first-order valence-electron chi connectivity index (χ1n) is 5.46. The lowest BCUT2D eigenvalue weighted by molar-refractivity contribution is 0.596. The van der Waals surface area contributed by atoms with E-state index in [4.69, 9.17) is 5.73 Å². The zero-order chi connectivity index (χ0) is 13.9. The molecular formula is C12H12FN3O2S. The number of anilines is 1. The second kappa shape index (κ2) is 5.33. The largest absolute Gasteiger partial charge is 0.325 e. The summed E-state index contributed by atoms with van der Waals surface area (Å²) in [7, 11) is -3.91. The lowest BCUT2D eigenvalue weighted by atomic mass is 10.3. The fraction of sp³-hybridized carbons (Fsp3) is 0.0833. The predicted molar refractivity (Wildman–Crippen MR) is 69.3 cm³/mol. The van der Waals surface area contributed by atoms with E-state index < -0.39 is 15.8 Å². The molecule has 2 rings (SSSR count). The summed E-state index contributed by atoms with van der Waals surface area (Å²) >= 11 is 0. The van der Waals surface area contributed by atoms with Crippen LogP contribution in [0, 0.1) is 5.82 Å². The number of hydrogen-bond donors (Lipinski definition) is 2. The number of nitrogens with one attached hydrogen (secondary N) is 1. The Morgan fingerprint density at radius 2 is 1.95 bits per heavy atom. The monoisotopic (exact) mass is 281 g/mol. The van der Waals surface area contributed by atoms with Crippen LogP contribution in [-0.2, 0) is 16.6 Å². The summed E-state index contributed by atoms with van der Waals surface area (Å²) in [5.41, 5.74) is 5.55. The summed E-state index contributed by atoms with van der Waals surface area (Å²) in [6, 6.07) is 8.38. The molecule has 0 saturated carbocycles. The van der Waals surface area contributed by atoms with E-state index in [1.165, 1.54) is 42.6 Å². The van der Waals surface area contributed by atoms with Crippen molar-refractivity contribution in [2.24, 2.45) is 5.73 Å². The minimum absolute atomic E-state index is 0.0195. The molecule has 1 aromatic heterocycles. The Morgan fingerprint density at radius 1 is 1.21 bits per heavy atom. The molecule has 0 saturated heterocycles. The number of benzene rings is 1. The average molecular weight is 281 g/mol. The summed E-state index contributed by atoms with van der Waals surface area (Å²) in [4.78, 5) is 3.83. The summed E-state index contributed by atoms with van der Waals surface area (Å²) in [6.07, 6.45) is 1.45. The number of nitrogens with zero attached hydrogens (tertiary/aromatic N) is 1. The molecule has 0 bridgehead atoms. The van der Waals surface area contributed by atoms with Crippen molar-refractivity contribution < 1.29 is 12.8 Å². The van der Waals surface area contributed by atoms with Gasteiger partial charge in [-0.1, -0.05) is 12.1 Å². The molecular weight excluding hydrogens is 269 g/mol. The van der Waals surface area contributed by atoms with Gasteiger partial charge in [0.1, 0.15) is 10.7 Å². The Hall–Kier alpha value is -1.99. The number of hydrogen-bond acceptors (Lipinski definition) is 4. The molecule has 0 fully saturated rings. The molecule has 5 nitrogen and oxygen atoms in total. The van der Waals surface area contributed by atoms with Gasteiger partial charge in [-0.25, -0.2) is 12.8 Å². The van der Waals surface area contributed by atoms with Crippen molar-refractivity contribution in [1.82, 2.24) is 4.98 Å². The summed E-state index contributed by atoms with van der Waals surface area (Å²) in [5, 5.41) is 0. The van der Waals surface area contributed by atoms with Crippen LogP contribution in [0.5, 0.6) is 0 Å². The minimum atomic E-state index is -3.91. The van der Waals surface area contributed by atoms with Gasteiger partial charge in [0.25, 0.3) is 10.0 Å². The molecule has 100 valence electrons. The Kier molecular flexibility index (Phi) is 3.77. The van der Waals surface area contributed by atoms with Crippen molar-refractivity contribution in [1.29, 1.82) is 0 Å². The van der Waals surface area contributed by atoms with Crippen molar-refractivity contribution in [2.45, 2.75) is 11.4 Å². The maximum absolute atomic E-state index is 13.5. The smallest absolute Gasteiger partial charge is 0.263 e. The van der Waals surface area contributed by atoms with Crippen LogP contribution in [0.2, 0.25) is 0 Å². The molecule has 0 aliphatic rings. The molecule has 0 unspecified atom stereocenters. The van der Waals surface area contributed by atoms with E-state index in [0.29, 0.717) is 0 Å². The molecule has 0 atom stereocenters. The third kappa shape index (κ3) is 2.88. The topological polar surface area (TPSA) is 85.1 Å². The van der Waals surface area contributed by atoms with E-state index in [2.05, 4.69) is 9.71 Å². The van der Waals surface area contributed by atoms with Gasteiger partial charge >= 0.3 is 0 Å². The predicted octanol–water partition coefficient (Wildman–Crippen LogP) is 1.48. The average Bonchev–Trinajstić information content (AvgIpc) is 2.41. The molecule has 2 aromatic rings. The van der Waals surface area contributed by atoms with Gasteiger partial charge in [0.05, 0.1) is 11.4 Å². The van der Waals surface area contributed by atoms with Crippen molar-refractivity contribution in [3.63, 3.8) is 0 Å². The molecule has 0 spiro atoms. The van der Waals surface area contributed by atoms with E-state index in [9.17, 15) is 12.8 Å². The van der Waals surface area contributed by atoms with E-state index in [1.807, 2.05) is 0 Å². The van der Waals surface area contributed by atoms with Gasteiger partial charge < -0.3 is 5.73 Å². The lowest BCUT2D eigenvalue weighted by Gasteiger charge is -2.10. The summed E-state index contributed by atoms with van der Waals surface area (Å²) < 4.78 is 40.0. The standard InChI is InChI=1S/C12H12FN3O2S/c13-9-4-1-2-5-10(9)16-19(17,18)12-6-3-7-15-11(12)8-14/h1-7,16H,8,14H2. The van der Waals surface area contributed by atoms with E-state index in [1.54, 1.807) is 0 Å². The van der Waals surface area contributed by atoms with Crippen molar-refractivity contribution >= 4 is 15.7 Å². The van der Waals surface area contributed by atoms with Crippen LogP contribution in [0.4, 0.5) is 10.1 Å². The van der Waals surface area contributed by atoms with Gasteiger partial charge in [-0.05, 0) is 24.3 Å². The van der Waals surface area contributed by atoms with Crippen LogP contribution in [0.1, 0.15) is 5.69 Å². The Bertz CT molecular complexity index is 689. The number of para-hydroxylation sites is 1. The molecule has 0 aliphatic heterocycles. The third-order valence-electron chi connectivity index (χ3n) is 2.45. The van der Waals surface area contributed by atoms with Gasteiger partial charge in [-0.3, -0.25) is 9.71 Å². The van der Waals surface area contributed by atoms with Gasteiger partial charge in [0.2, 0.25) is 0 Å². The van der Waals surface area contributed by atoms with Gasteiger partial charge in [0.15, 0.2) is 0 Å². The lowest BCUT2D eigenvalue weighted by Crippen LogP contribution is -2.17. The molecule has 3 N–H and O–H groups in total. The minimum Gasteiger partial charge on any atom is -0.325 e. The van der Waals surface area contributed by atoms with Gasteiger partial charge in [-0.2, -0.15) is 0 Å². The van der Waals surface area contributed by atoms with Crippen molar-refractivity contribution in [3.8, 4) is 0 Å². The van der Waals surface area contributed by atoms with Crippen LogP contribution < -0.4 is 10.5 Å². The van der Waals surface area contributed by atoms with Crippen LogP contribution in [-0.4, -0.2) is 13.4 Å². The molecule has 19 heavy (non-hydrogen) atoms. The van der Waals surface area contributed by atoms with Crippen molar-refractivity contribution in [2.75, 3.05) is 4.72 Å². The number of sulfonamides is 1. The van der Waals surface area contributed by atoms with Crippen LogP contribution >= 0.6 is 0 Å². The summed E-state index contributed by atoms with van der Waals surface area (Å²) in [5.74, 6) is -0.649. The third-order valence-corrected chi connectivity index (χ3v) is 3.89. The zero-order valence-electron chi connectivity index (χ0n) is 9.88. The van der Waals surface area contributed by atoms with Crippen LogP contribution in [0.25, 0.3) is 0 Å². The highest BCUT2D eigenvalue weighted by molar-refractivity contribution is 7.92. The van der Waals surface area contributed by atoms with Crippen molar-refractivity contribution in [3.05, 3.63) is 54.1 Å². The first kappa shape index (κ1) is 13.4. The maximum atomic E-state index is 13.5. The quantitative estimate of drug-likeness (QED) is 0.889. The fourth-order valence-electron chi connectivity index (χ4n) is 1.56. The molecule has 0 aliphatic carbocycles. The van der Waals surface area contributed by atoms with Crippen LogP contribution in [0.3, 0.4) is 0 Å². The van der Waals surface area contributed by atoms with E-state index in [-0.39, 0.29) is 22.8 Å². The Balaban J connectivity index is 2.41. The second-order valence-electron chi connectivity index (χ2n) is 3.74. The molecule has 1 heterocycles. The highest BCUT2D eigenvalue weighted by atomic mass is 32.2. The number of halogens is 1. The Morgan fingerprint density at radius 3 is 2.63 bits per heavy atom. The highest BCUT2D eigenvalue weighted by Crippen LogP contribution is 2.20. The highest BCUT2D eigenvalue weighted by Gasteiger charge is 2.19. The van der Waals surface area contributed by atoms with E-state index in [0.717, 1.165) is 0 Å². The second-order valence-corrected chi connectivity index (χ2v) is 5.39. The van der Waals surface area contributed by atoms with E-state index >= 15 is 0 Å². The van der Waals surface area contributed by atoms with Gasteiger partial charge in [-0.15, -0.1) is 0 Å². The molecule has 0 radical (unpaired) electrons. The molecule has 7 heteroatoms. The SMILES string of the molecule is NCc1ncccc1S(=O)(=O)Nc1ccccc1F. The number of rotatable bonds is 4. The zero-order valence-corrected chi connectivity index (χ0v) is 10.7. The molecule has 1 aromatic carbocycles.